The van der Waals surface area contributed by atoms with Crippen molar-refractivity contribution >= 4 is 32.4 Å². The minimum Gasteiger partial charge on any atom is -0.439 e. The van der Waals surface area contributed by atoms with Crippen molar-refractivity contribution in [3.63, 3.8) is 0 Å². The highest BCUT2D eigenvalue weighted by Crippen LogP contribution is 2.44. The fraction of sp³-hybridized carbons (Fsp3) is 0.308. The number of ether oxygens (including phenoxy) is 1. The van der Waals surface area contributed by atoms with Crippen LogP contribution >= 0.6 is 11.3 Å². The van der Waals surface area contributed by atoms with Crippen molar-refractivity contribution in [3.8, 4) is 11.6 Å². The first-order valence-electron chi connectivity index (χ1n) is 10.9. The maximum atomic E-state index is 6.22. The van der Waals surface area contributed by atoms with Gasteiger partial charge in [-0.2, -0.15) is 0 Å². The van der Waals surface area contributed by atoms with Crippen LogP contribution in [0.15, 0.2) is 66.9 Å². The summed E-state index contributed by atoms with van der Waals surface area (Å²) in [6, 6.07) is 20.4. The SMILES string of the molecule is CC1(C)CCC(c2cccnc2Oc2ccc(Nc3nc4ccccc4s3)cc2)CC1. The van der Waals surface area contributed by atoms with Gasteiger partial charge in [-0.1, -0.05) is 43.4 Å². The van der Waals surface area contributed by atoms with Crippen molar-refractivity contribution in [1.82, 2.24) is 9.97 Å². The standard InChI is InChI=1S/C26H27N3OS/c1-26(2)15-13-18(14-16-26)21-6-5-17-27-24(21)30-20-11-9-19(10-12-20)28-25-29-22-7-3-4-8-23(22)31-25/h3-12,17-18H,13-16H2,1-2H3,(H,28,29). The monoisotopic (exact) mass is 429 g/mol. The van der Waals surface area contributed by atoms with Crippen LogP contribution in [0.4, 0.5) is 10.8 Å². The van der Waals surface area contributed by atoms with Gasteiger partial charge in [0.25, 0.3) is 0 Å². The van der Waals surface area contributed by atoms with Crippen molar-refractivity contribution in [2.75, 3.05) is 5.32 Å². The molecular formula is C26H27N3OS. The topological polar surface area (TPSA) is 47.0 Å². The van der Waals surface area contributed by atoms with E-state index in [4.69, 9.17) is 4.74 Å². The van der Waals surface area contributed by atoms with Gasteiger partial charge in [-0.15, -0.1) is 0 Å². The Balaban J connectivity index is 1.29. The average Bonchev–Trinajstić information content (AvgIpc) is 3.18. The van der Waals surface area contributed by atoms with Crippen molar-refractivity contribution in [2.45, 2.75) is 45.4 Å². The number of rotatable bonds is 5. The molecule has 1 aliphatic rings. The summed E-state index contributed by atoms with van der Waals surface area (Å²) in [7, 11) is 0. The molecule has 0 radical (unpaired) electrons. The number of hydrogen-bond donors (Lipinski definition) is 1. The van der Waals surface area contributed by atoms with Crippen LogP contribution in [0.1, 0.15) is 51.0 Å². The summed E-state index contributed by atoms with van der Waals surface area (Å²) in [6.45, 7) is 4.74. The smallest absolute Gasteiger partial charge is 0.222 e. The molecule has 2 aromatic heterocycles. The number of aromatic nitrogens is 2. The van der Waals surface area contributed by atoms with Gasteiger partial charge in [0.2, 0.25) is 5.88 Å². The minimum atomic E-state index is 0.450. The van der Waals surface area contributed by atoms with E-state index in [1.165, 1.54) is 35.9 Å². The second-order valence-corrected chi connectivity index (χ2v) is 10.1. The second kappa shape index (κ2) is 8.31. The number of pyridine rings is 1. The molecule has 5 heteroatoms. The molecular weight excluding hydrogens is 402 g/mol. The molecule has 2 aromatic carbocycles. The van der Waals surface area contributed by atoms with Gasteiger partial charge in [-0.05, 0) is 79.5 Å². The Kier molecular flexibility index (Phi) is 5.36. The molecule has 1 fully saturated rings. The number of fused-ring (bicyclic) bond motifs is 1. The third-order valence-corrected chi connectivity index (χ3v) is 7.15. The van der Waals surface area contributed by atoms with E-state index in [0.717, 1.165) is 28.0 Å². The molecule has 1 aliphatic carbocycles. The van der Waals surface area contributed by atoms with Gasteiger partial charge in [0.05, 0.1) is 10.2 Å². The van der Waals surface area contributed by atoms with Crippen LogP contribution in [0, 0.1) is 5.41 Å². The van der Waals surface area contributed by atoms with E-state index in [1.807, 2.05) is 54.7 Å². The van der Waals surface area contributed by atoms with E-state index in [2.05, 4.69) is 41.3 Å². The average molecular weight is 430 g/mol. The Morgan fingerprint density at radius 3 is 2.52 bits per heavy atom. The lowest BCUT2D eigenvalue weighted by Crippen LogP contribution is -2.20. The Hall–Kier alpha value is -2.92. The summed E-state index contributed by atoms with van der Waals surface area (Å²) in [5, 5.41) is 4.28. The lowest BCUT2D eigenvalue weighted by Gasteiger charge is -2.34. The summed E-state index contributed by atoms with van der Waals surface area (Å²) in [6.07, 6.45) is 6.70. The van der Waals surface area contributed by atoms with E-state index in [-0.39, 0.29) is 0 Å². The first-order chi connectivity index (χ1) is 15.1. The molecule has 2 heterocycles. The molecule has 158 valence electrons. The highest BCUT2D eigenvalue weighted by atomic mass is 32.1. The number of hydrogen-bond acceptors (Lipinski definition) is 5. The molecule has 0 amide bonds. The maximum absolute atomic E-state index is 6.22. The van der Waals surface area contributed by atoms with Gasteiger partial charge < -0.3 is 10.1 Å². The van der Waals surface area contributed by atoms with Crippen LogP contribution < -0.4 is 10.1 Å². The fourth-order valence-electron chi connectivity index (χ4n) is 4.28. The molecule has 0 aliphatic heterocycles. The van der Waals surface area contributed by atoms with Crippen molar-refractivity contribution < 1.29 is 4.74 Å². The molecule has 1 saturated carbocycles. The van der Waals surface area contributed by atoms with Crippen LogP contribution in [0.5, 0.6) is 11.6 Å². The lowest BCUT2D eigenvalue weighted by atomic mass is 9.71. The molecule has 5 rings (SSSR count). The third-order valence-electron chi connectivity index (χ3n) is 6.19. The molecule has 4 aromatic rings. The molecule has 4 nitrogen and oxygen atoms in total. The van der Waals surface area contributed by atoms with Crippen molar-refractivity contribution in [2.24, 2.45) is 5.41 Å². The summed E-state index contributed by atoms with van der Waals surface area (Å²) in [4.78, 5) is 9.19. The van der Waals surface area contributed by atoms with Gasteiger partial charge >= 0.3 is 0 Å². The number of nitrogens with zero attached hydrogens (tertiary/aromatic N) is 2. The van der Waals surface area contributed by atoms with Crippen LogP contribution in [0.25, 0.3) is 10.2 Å². The minimum absolute atomic E-state index is 0.450. The Labute approximate surface area is 187 Å². The van der Waals surface area contributed by atoms with Crippen LogP contribution in [0.3, 0.4) is 0 Å². The van der Waals surface area contributed by atoms with E-state index in [0.29, 0.717) is 11.3 Å². The van der Waals surface area contributed by atoms with Crippen molar-refractivity contribution in [1.29, 1.82) is 0 Å². The van der Waals surface area contributed by atoms with Crippen LogP contribution in [-0.2, 0) is 0 Å². The number of thiazole rings is 1. The molecule has 0 atom stereocenters. The first kappa shape index (κ1) is 20.0. The highest BCUT2D eigenvalue weighted by Gasteiger charge is 2.29. The maximum Gasteiger partial charge on any atom is 0.222 e. The summed E-state index contributed by atoms with van der Waals surface area (Å²) < 4.78 is 7.40. The van der Waals surface area contributed by atoms with Crippen molar-refractivity contribution in [3.05, 3.63) is 72.4 Å². The van der Waals surface area contributed by atoms with Gasteiger partial charge in [0.1, 0.15) is 5.75 Å². The number of benzene rings is 2. The van der Waals surface area contributed by atoms with Gasteiger partial charge in [0, 0.05) is 17.4 Å². The number of anilines is 2. The molecule has 31 heavy (non-hydrogen) atoms. The van der Waals surface area contributed by atoms with Gasteiger partial charge in [-0.3, -0.25) is 0 Å². The molecule has 0 unspecified atom stereocenters. The summed E-state index contributed by atoms with van der Waals surface area (Å²) in [5.74, 6) is 2.06. The molecule has 0 spiro atoms. The third kappa shape index (κ3) is 4.57. The van der Waals surface area contributed by atoms with E-state index < -0.39 is 0 Å². The van der Waals surface area contributed by atoms with Crippen LogP contribution in [-0.4, -0.2) is 9.97 Å². The van der Waals surface area contributed by atoms with E-state index >= 15 is 0 Å². The lowest BCUT2D eigenvalue weighted by molar-refractivity contribution is 0.222. The Bertz CT molecular complexity index is 1140. The largest absolute Gasteiger partial charge is 0.439 e. The summed E-state index contributed by atoms with van der Waals surface area (Å²) >= 11 is 1.65. The Morgan fingerprint density at radius 2 is 1.74 bits per heavy atom. The van der Waals surface area contributed by atoms with Gasteiger partial charge in [0.15, 0.2) is 5.13 Å². The second-order valence-electron chi connectivity index (χ2n) is 9.07. The Morgan fingerprint density at radius 1 is 0.968 bits per heavy atom. The first-order valence-corrected chi connectivity index (χ1v) is 11.7. The van der Waals surface area contributed by atoms with E-state index in [9.17, 15) is 0 Å². The highest BCUT2D eigenvalue weighted by molar-refractivity contribution is 7.22. The molecule has 0 saturated heterocycles. The zero-order valence-corrected chi connectivity index (χ0v) is 18.8. The molecule has 0 bridgehead atoms. The van der Waals surface area contributed by atoms with Crippen LogP contribution in [0.2, 0.25) is 0 Å². The number of para-hydroxylation sites is 1. The summed E-state index contributed by atoms with van der Waals surface area (Å²) in [5.41, 5.74) is 3.69. The fourth-order valence-corrected chi connectivity index (χ4v) is 5.16. The predicted molar refractivity (Wildman–Crippen MR) is 129 cm³/mol. The normalized spacial score (nSPS) is 16.3. The van der Waals surface area contributed by atoms with E-state index in [1.54, 1.807) is 11.3 Å². The molecule has 1 N–H and O–H groups in total. The predicted octanol–water partition coefficient (Wildman–Crippen LogP) is 7.91. The number of nitrogens with one attached hydrogen (secondary N) is 1. The zero-order chi connectivity index (χ0) is 21.3. The quantitative estimate of drug-likeness (QED) is 0.350. The zero-order valence-electron chi connectivity index (χ0n) is 18.0. The van der Waals surface area contributed by atoms with Gasteiger partial charge in [-0.25, -0.2) is 9.97 Å².